The van der Waals surface area contributed by atoms with Crippen molar-refractivity contribution < 1.29 is 4.79 Å². The number of hydrogen-bond acceptors (Lipinski definition) is 4. The first kappa shape index (κ1) is 18.1. The number of fused-ring (bicyclic) bond motifs is 2. The van der Waals surface area contributed by atoms with E-state index in [-0.39, 0.29) is 30.4 Å². The summed E-state index contributed by atoms with van der Waals surface area (Å²) in [6.07, 6.45) is 4.04. The second kappa shape index (κ2) is 6.57. The van der Waals surface area contributed by atoms with Gasteiger partial charge in [-0.05, 0) is 51.5 Å². The minimum absolute atomic E-state index is 0. The van der Waals surface area contributed by atoms with E-state index >= 15 is 0 Å². The number of hydrogen-bond donors (Lipinski definition) is 1. The summed E-state index contributed by atoms with van der Waals surface area (Å²) < 4.78 is 1.90. The lowest BCUT2D eigenvalue weighted by Crippen LogP contribution is -2.33. The van der Waals surface area contributed by atoms with Crippen LogP contribution in [0.1, 0.15) is 48.8 Å². The van der Waals surface area contributed by atoms with Crippen molar-refractivity contribution in [2.75, 3.05) is 13.1 Å². The number of pyridine rings is 1. The average molecular weight is 364 g/mol. The minimum Gasteiger partial charge on any atom is -0.338 e. The number of amides is 1. The minimum atomic E-state index is 0. The lowest BCUT2D eigenvalue weighted by Gasteiger charge is -2.19. The van der Waals surface area contributed by atoms with Gasteiger partial charge in [-0.15, -0.1) is 12.4 Å². The molecule has 0 radical (unpaired) electrons. The molecule has 2 fully saturated rings. The first-order valence-corrected chi connectivity index (χ1v) is 8.85. The molecule has 4 rings (SSSR count). The second-order valence-electron chi connectivity index (χ2n) is 7.59. The molecule has 1 saturated carbocycles. The predicted octanol–water partition coefficient (Wildman–Crippen LogP) is 2.55. The van der Waals surface area contributed by atoms with Crippen molar-refractivity contribution in [3.8, 4) is 0 Å². The van der Waals surface area contributed by atoms with E-state index in [1.54, 1.807) is 6.20 Å². The van der Waals surface area contributed by atoms with E-state index in [9.17, 15) is 4.79 Å². The molecule has 136 valence electrons. The standard InChI is InChI=1S/C18H25N5O.ClH/c1-10(2)23-17-13(7-20-23)6-14(11(3)21-17)18(24)22-8-12-4-5-16(19)15(12)9-22;/h6-7,10,12,15-16H,4-5,8-9,19H2,1-3H3;1H. The van der Waals surface area contributed by atoms with E-state index in [4.69, 9.17) is 5.73 Å². The summed E-state index contributed by atoms with van der Waals surface area (Å²) in [5, 5.41) is 5.33. The van der Waals surface area contributed by atoms with Crippen LogP contribution in [0.25, 0.3) is 11.0 Å². The van der Waals surface area contributed by atoms with Crippen LogP contribution >= 0.6 is 12.4 Å². The summed E-state index contributed by atoms with van der Waals surface area (Å²) in [6, 6.07) is 2.44. The Kier molecular flexibility index (Phi) is 4.77. The average Bonchev–Trinajstić information content (AvgIpc) is 3.21. The Labute approximate surface area is 154 Å². The van der Waals surface area contributed by atoms with E-state index in [1.165, 1.54) is 0 Å². The largest absolute Gasteiger partial charge is 0.338 e. The van der Waals surface area contributed by atoms with Gasteiger partial charge >= 0.3 is 0 Å². The number of aryl methyl sites for hydroxylation is 1. The lowest BCUT2D eigenvalue weighted by atomic mass is 9.98. The number of carbonyl (C=O) groups is 1. The van der Waals surface area contributed by atoms with Crippen LogP contribution in [0.3, 0.4) is 0 Å². The molecule has 2 aliphatic rings. The van der Waals surface area contributed by atoms with Gasteiger partial charge in [0.05, 0.1) is 17.5 Å². The molecule has 0 spiro atoms. The summed E-state index contributed by atoms with van der Waals surface area (Å²) in [4.78, 5) is 19.6. The van der Waals surface area contributed by atoms with Crippen LogP contribution in [-0.2, 0) is 0 Å². The molecule has 2 aromatic rings. The smallest absolute Gasteiger partial charge is 0.255 e. The monoisotopic (exact) mass is 363 g/mol. The predicted molar refractivity (Wildman–Crippen MR) is 100.0 cm³/mol. The van der Waals surface area contributed by atoms with Crippen LogP contribution < -0.4 is 5.73 Å². The molecular formula is C18H26ClN5O. The van der Waals surface area contributed by atoms with Crippen molar-refractivity contribution >= 4 is 29.3 Å². The zero-order valence-electron chi connectivity index (χ0n) is 15.0. The molecule has 2 N–H and O–H groups in total. The molecule has 0 bridgehead atoms. The highest BCUT2D eigenvalue weighted by molar-refractivity contribution is 5.98. The maximum Gasteiger partial charge on any atom is 0.255 e. The third-order valence-electron chi connectivity index (χ3n) is 5.68. The van der Waals surface area contributed by atoms with Crippen molar-refractivity contribution in [3.63, 3.8) is 0 Å². The van der Waals surface area contributed by atoms with Crippen molar-refractivity contribution in [3.05, 3.63) is 23.5 Å². The third kappa shape index (κ3) is 2.91. The zero-order valence-corrected chi connectivity index (χ0v) is 15.8. The first-order chi connectivity index (χ1) is 11.5. The summed E-state index contributed by atoms with van der Waals surface area (Å²) >= 11 is 0. The van der Waals surface area contributed by atoms with Gasteiger partial charge in [0.25, 0.3) is 5.91 Å². The highest BCUT2D eigenvalue weighted by atomic mass is 35.5. The fraction of sp³-hybridized carbons (Fsp3) is 0.611. The van der Waals surface area contributed by atoms with Gasteiger partial charge in [0.1, 0.15) is 0 Å². The molecule has 7 heteroatoms. The number of nitrogens with zero attached hydrogens (tertiary/aromatic N) is 4. The molecule has 2 aromatic heterocycles. The second-order valence-corrected chi connectivity index (χ2v) is 7.59. The number of carbonyl (C=O) groups excluding carboxylic acids is 1. The SMILES string of the molecule is Cc1nc2c(cnn2C(C)C)cc1C(=O)N1CC2CCC(N)C2C1.Cl. The molecule has 1 saturated heterocycles. The van der Waals surface area contributed by atoms with Crippen molar-refractivity contribution in [1.29, 1.82) is 0 Å². The van der Waals surface area contributed by atoms with Gasteiger partial charge in [-0.25, -0.2) is 9.67 Å². The number of rotatable bonds is 2. The van der Waals surface area contributed by atoms with E-state index in [1.807, 2.05) is 22.6 Å². The molecule has 6 nitrogen and oxygen atoms in total. The molecule has 1 amide bonds. The quantitative estimate of drug-likeness (QED) is 0.889. The first-order valence-electron chi connectivity index (χ1n) is 8.85. The van der Waals surface area contributed by atoms with Crippen LogP contribution in [0.15, 0.2) is 12.3 Å². The van der Waals surface area contributed by atoms with Crippen LogP contribution in [-0.4, -0.2) is 44.7 Å². The normalized spacial score (nSPS) is 25.5. The number of halogens is 1. The fourth-order valence-corrected chi connectivity index (χ4v) is 4.30. The maximum absolute atomic E-state index is 13.0. The van der Waals surface area contributed by atoms with E-state index in [0.717, 1.165) is 42.7 Å². The Morgan fingerprint density at radius 3 is 2.76 bits per heavy atom. The Balaban J connectivity index is 0.00000182. The van der Waals surface area contributed by atoms with E-state index < -0.39 is 0 Å². The van der Waals surface area contributed by atoms with Gasteiger partial charge in [-0.1, -0.05) is 0 Å². The number of likely N-dealkylation sites (tertiary alicyclic amines) is 1. The Hall–Kier alpha value is -1.66. The zero-order chi connectivity index (χ0) is 17.0. The molecule has 3 atom stereocenters. The summed E-state index contributed by atoms with van der Waals surface area (Å²) in [7, 11) is 0. The Morgan fingerprint density at radius 1 is 1.32 bits per heavy atom. The third-order valence-corrected chi connectivity index (χ3v) is 5.68. The van der Waals surface area contributed by atoms with Gasteiger partial charge in [0, 0.05) is 30.6 Å². The molecule has 1 aliphatic carbocycles. The molecule has 3 unspecified atom stereocenters. The molecular weight excluding hydrogens is 338 g/mol. The van der Waals surface area contributed by atoms with E-state index in [0.29, 0.717) is 17.4 Å². The van der Waals surface area contributed by atoms with Gasteiger partial charge in [0.2, 0.25) is 0 Å². The molecule has 0 aromatic carbocycles. The van der Waals surface area contributed by atoms with Gasteiger partial charge in [-0.3, -0.25) is 4.79 Å². The highest BCUT2D eigenvalue weighted by Gasteiger charge is 2.42. The fourth-order valence-electron chi connectivity index (χ4n) is 4.30. The topological polar surface area (TPSA) is 77.0 Å². The van der Waals surface area contributed by atoms with E-state index in [2.05, 4.69) is 23.9 Å². The Bertz CT molecular complexity index is 802. The number of aromatic nitrogens is 3. The maximum atomic E-state index is 13.0. The van der Waals surface area contributed by atoms with Crippen molar-refractivity contribution in [2.45, 2.75) is 45.7 Å². The van der Waals surface area contributed by atoms with Crippen LogP contribution in [0.5, 0.6) is 0 Å². The lowest BCUT2D eigenvalue weighted by molar-refractivity contribution is 0.0778. The van der Waals surface area contributed by atoms with Crippen molar-refractivity contribution in [1.82, 2.24) is 19.7 Å². The summed E-state index contributed by atoms with van der Waals surface area (Å²) in [5.41, 5.74) is 8.51. The van der Waals surface area contributed by atoms with Crippen LogP contribution in [0.4, 0.5) is 0 Å². The molecule has 3 heterocycles. The van der Waals surface area contributed by atoms with Crippen LogP contribution in [0, 0.1) is 18.8 Å². The summed E-state index contributed by atoms with van der Waals surface area (Å²) in [6.45, 7) is 7.68. The van der Waals surface area contributed by atoms with Gasteiger partial charge in [-0.2, -0.15) is 5.10 Å². The number of nitrogens with two attached hydrogens (primary N) is 1. The highest BCUT2D eigenvalue weighted by Crippen LogP contribution is 2.37. The Morgan fingerprint density at radius 2 is 2.08 bits per heavy atom. The molecule has 1 aliphatic heterocycles. The van der Waals surface area contributed by atoms with Gasteiger partial charge in [0.15, 0.2) is 5.65 Å². The van der Waals surface area contributed by atoms with Crippen LogP contribution in [0.2, 0.25) is 0 Å². The summed E-state index contributed by atoms with van der Waals surface area (Å²) in [5.74, 6) is 1.13. The van der Waals surface area contributed by atoms with Gasteiger partial charge < -0.3 is 10.6 Å². The van der Waals surface area contributed by atoms with Crippen molar-refractivity contribution in [2.24, 2.45) is 17.6 Å². The molecule has 25 heavy (non-hydrogen) atoms.